The number of hydrogen-bond donors (Lipinski definition) is 1. The molecule has 0 atom stereocenters. The summed E-state index contributed by atoms with van der Waals surface area (Å²) < 4.78 is 0. The first-order valence-electron chi connectivity index (χ1n) is 5.80. The van der Waals surface area contributed by atoms with E-state index in [1.54, 1.807) is 41.6 Å². The first kappa shape index (κ1) is 12.1. The van der Waals surface area contributed by atoms with Crippen molar-refractivity contribution in [3.8, 4) is 0 Å². The highest BCUT2D eigenvalue weighted by atomic mass is 16.2. The standard InChI is InChI=1S/C14H15N3O/c1-2-17(13-7-5-12(15)6-8-13)14(18)11-4-3-9-16-10-11/h3-10H,2,15H2,1H3. The van der Waals surface area contributed by atoms with Gasteiger partial charge in [0.1, 0.15) is 0 Å². The Kier molecular flexibility index (Phi) is 3.57. The molecule has 0 fully saturated rings. The van der Waals surface area contributed by atoms with Crippen LogP contribution < -0.4 is 10.6 Å². The number of carbonyl (C=O) groups excluding carboxylic acids is 1. The molecule has 2 aromatic rings. The average Bonchev–Trinajstić information content (AvgIpc) is 2.42. The molecule has 92 valence electrons. The van der Waals surface area contributed by atoms with Crippen LogP contribution in [0.5, 0.6) is 0 Å². The molecule has 1 aromatic carbocycles. The van der Waals surface area contributed by atoms with Crippen molar-refractivity contribution in [2.45, 2.75) is 6.92 Å². The maximum absolute atomic E-state index is 12.3. The van der Waals surface area contributed by atoms with Crippen molar-refractivity contribution in [3.63, 3.8) is 0 Å². The molecule has 0 saturated heterocycles. The molecule has 1 aromatic heterocycles. The van der Waals surface area contributed by atoms with Crippen molar-refractivity contribution in [2.75, 3.05) is 17.2 Å². The van der Waals surface area contributed by atoms with Crippen LogP contribution in [-0.4, -0.2) is 17.4 Å². The zero-order valence-electron chi connectivity index (χ0n) is 10.2. The Morgan fingerprint density at radius 3 is 2.56 bits per heavy atom. The van der Waals surface area contributed by atoms with Gasteiger partial charge in [-0.1, -0.05) is 0 Å². The molecule has 0 bridgehead atoms. The molecular weight excluding hydrogens is 226 g/mol. The summed E-state index contributed by atoms with van der Waals surface area (Å²) in [7, 11) is 0. The van der Waals surface area contributed by atoms with Gasteiger partial charge in [0.05, 0.1) is 5.56 Å². The Morgan fingerprint density at radius 2 is 2.00 bits per heavy atom. The Morgan fingerprint density at radius 1 is 1.28 bits per heavy atom. The quantitative estimate of drug-likeness (QED) is 0.839. The molecule has 1 heterocycles. The number of benzene rings is 1. The summed E-state index contributed by atoms with van der Waals surface area (Å²) in [4.78, 5) is 18.0. The molecule has 0 saturated carbocycles. The van der Waals surface area contributed by atoms with Crippen molar-refractivity contribution in [1.29, 1.82) is 0 Å². The van der Waals surface area contributed by atoms with Crippen LogP contribution in [0.2, 0.25) is 0 Å². The van der Waals surface area contributed by atoms with Gasteiger partial charge in [0.25, 0.3) is 5.91 Å². The zero-order valence-corrected chi connectivity index (χ0v) is 10.2. The van der Waals surface area contributed by atoms with E-state index in [1.165, 1.54) is 0 Å². The van der Waals surface area contributed by atoms with Gasteiger partial charge in [0.15, 0.2) is 0 Å². The average molecular weight is 241 g/mol. The van der Waals surface area contributed by atoms with E-state index < -0.39 is 0 Å². The number of rotatable bonds is 3. The third-order valence-electron chi connectivity index (χ3n) is 2.67. The minimum atomic E-state index is -0.0598. The number of aromatic nitrogens is 1. The lowest BCUT2D eigenvalue weighted by molar-refractivity contribution is 0.0988. The highest BCUT2D eigenvalue weighted by Gasteiger charge is 2.15. The normalized spacial score (nSPS) is 10.1. The molecule has 1 amide bonds. The van der Waals surface area contributed by atoms with Gasteiger partial charge in [0.2, 0.25) is 0 Å². The van der Waals surface area contributed by atoms with Crippen molar-refractivity contribution in [2.24, 2.45) is 0 Å². The maximum Gasteiger partial charge on any atom is 0.259 e. The molecule has 2 rings (SSSR count). The van der Waals surface area contributed by atoms with Gasteiger partial charge in [-0.3, -0.25) is 9.78 Å². The molecule has 2 N–H and O–H groups in total. The molecule has 18 heavy (non-hydrogen) atoms. The molecule has 4 heteroatoms. The highest BCUT2D eigenvalue weighted by molar-refractivity contribution is 6.05. The number of nitrogens with zero attached hydrogens (tertiary/aromatic N) is 2. The summed E-state index contributed by atoms with van der Waals surface area (Å²) >= 11 is 0. The predicted octanol–water partition coefficient (Wildman–Crippen LogP) is 2.33. The number of carbonyl (C=O) groups is 1. The molecular formula is C14H15N3O. The van der Waals surface area contributed by atoms with Gasteiger partial charge in [-0.2, -0.15) is 0 Å². The van der Waals surface area contributed by atoms with Crippen LogP contribution in [-0.2, 0) is 0 Å². The van der Waals surface area contributed by atoms with E-state index in [-0.39, 0.29) is 5.91 Å². The van der Waals surface area contributed by atoms with Crippen LogP contribution in [0.25, 0.3) is 0 Å². The fourth-order valence-electron chi connectivity index (χ4n) is 1.74. The van der Waals surface area contributed by atoms with Crippen molar-refractivity contribution in [3.05, 3.63) is 54.4 Å². The van der Waals surface area contributed by atoms with Gasteiger partial charge in [0, 0.05) is 30.3 Å². The summed E-state index contributed by atoms with van der Waals surface area (Å²) in [6.07, 6.45) is 3.22. The lowest BCUT2D eigenvalue weighted by atomic mass is 10.2. The minimum Gasteiger partial charge on any atom is -0.399 e. The van der Waals surface area contributed by atoms with E-state index in [4.69, 9.17) is 5.73 Å². The number of nitrogens with two attached hydrogens (primary N) is 1. The van der Waals surface area contributed by atoms with Crippen molar-refractivity contribution >= 4 is 17.3 Å². The van der Waals surface area contributed by atoms with Gasteiger partial charge in [-0.25, -0.2) is 0 Å². The van der Waals surface area contributed by atoms with Crippen LogP contribution in [0.15, 0.2) is 48.8 Å². The molecule has 4 nitrogen and oxygen atoms in total. The third-order valence-corrected chi connectivity index (χ3v) is 2.67. The summed E-state index contributed by atoms with van der Waals surface area (Å²) in [5, 5.41) is 0. The monoisotopic (exact) mass is 241 g/mol. The summed E-state index contributed by atoms with van der Waals surface area (Å²) in [6, 6.07) is 10.8. The van der Waals surface area contributed by atoms with E-state index in [9.17, 15) is 4.79 Å². The largest absolute Gasteiger partial charge is 0.399 e. The van der Waals surface area contributed by atoms with Crippen molar-refractivity contribution in [1.82, 2.24) is 4.98 Å². The molecule has 0 aliphatic heterocycles. The second-order valence-corrected chi connectivity index (χ2v) is 3.88. The van der Waals surface area contributed by atoms with Crippen LogP contribution in [0, 0.1) is 0 Å². The summed E-state index contributed by atoms with van der Waals surface area (Å²) in [5.74, 6) is -0.0598. The second-order valence-electron chi connectivity index (χ2n) is 3.88. The lowest BCUT2D eigenvalue weighted by Gasteiger charge is -2.21. The zero-order chi connectivity index (χ0) is 13.0. The van der Waals surface area contributed by atoms with E-state index >= 15 is 0 Å². The maximum atomic E-state index is 12.3. The molecule has 0 spiro atoms. The van der Waals surface area contributed by atoms with E-state index in [1.807, 2.05) is 19.1 Å². The third kappa shape index (κ3) is 2.48. The van der Waals surface area contributed by atoms with Crippen molar-refractivity contribution < 1.29 is 4.79 Å². The molecule has 0 unspecified atom stereocenters. The topological polar surface area (TPSA) is 59.2 Å². The number of amides is 1. The fourth-order valence-corrected chi connectivity index (χ4v) is 1.74. The van der Waals surface area contributed by atoms with Gasteiger partial charge >= 0.3 is 0 Å². The SMILES string of the molecule is CCN(C(=O)c1cccnc1)c1ccc(N)cc1. The van der Waals surface area contributed by atoms with Crippen LogP contribution >= 0.6 is 0 Å². The fraction of sp³-hybridized carbons (Fsp3) is 0.143. The van der Waals surface area contributed by atoms with E-state index in [0.717, 1.165) is 5.69 Å². The Balaban J connectivity index is 2.29. The number of anilines is 2. The molecule has 0 aliphatic carbocycles. The van der Waals surface area contributed by atoms with Crippen LogP contribution in [0.4, 0.5) is 11.4 Å². The van der Waals surface area contributed by atoms with Gasteiger partial charge < -0.3 is 10.6 Å². The Hall–Kier alpha value is -2.36. The lowest BCUT2D eigenvalue weighted by Crippen LogP contribution is -2.30. The minimum absolute atomic E-state index is 0.0598. The number of hydrogen-bond acceptors (Lipinski definition) is 3. The number of pyridine rings is 1. The van der Waals surface area contributed by atoms with Crippen LogP contribution in [0.1, 0.15) is 17.3 Å². The smallest absolute Gasteiger partial charge is 0.259 e. The van der Waals surface area contributed by atoms with Gasteiger partial charge in [-0.15, -0.1) is 0 Å². The Labute approximate surface area is 106 Å². The van der Waals surface area contributed by atoms with E-state index in [2.05, 4.69) is 4.98 Å². The summed E-state index contributed by atoms with van der Waals surface area (Å²) in [5.41, 5.74) is 7.74. The van der Waals surface area contributed by atoms with E-state index in [0.29, 0.717) is 17.8 Å². The van der Waals surface area contributed by atoms with Crippen LogP contribution in [0.3, 0.4) is 0 Å². The van der Waals surface area contributed by atoms with Gasteiger partial charge in [-0.05, 0) is 43.3 Å². The Bertz CT molecular complexity index is 522. The highest BCUT2D eigenvalue weighted by Crippen LogP contribution is 2.18. The molecule has 0 aliphatic rings. The first-order valence-corrected chi connectivity index (χ1v) is 5.80. The predicted molar refractivity (Wildman–Crippen MR) is 72.4 cm³/mol. The summed E-state index contributed by atoms with van der Waals surface area (Å²) in [6.45, 7) is 2.53. The second kappa shape index (κ2) is 5.31. The molecule has 0 radical (unpaired) electrons. The first-order chi connectivity index (χ1) is 8.72. The number of nitrogen functional groups attached to an aromatic ring is 1.